The van der Waals surface area contributed by atoms with Crippen molar-refractivity contribution in [2.75, 3.05) is 6.61 Å². The normalized spacial score (nSPS) is 11.1. The molecule has 31 heavy (non-hydrogen) atoms. The molecular weight excluding hydrogens is 407 g/mol. The summed E-state index contributed by atoms with van der Waals surface area (Å²) in [5, 5.41) is 2.70. The van der Waals surface area contributed by atoms with E-state index in [-0.39, 0.29) is 18.0 Å². The Labute approximate surface area is 183 Å². The summed E-state index contributed by atoms with van der Waals surface area (Å²) >= 11 is 0. The molecule has 0 atom stereocenters. The second kappa shape index (κ2) is 10.3. The van der Waals surface area contributed by atoms with Gasteiger partial charge in [0, 0.05) is 0 Å². The molecule has 5 heteroatoms. The van der Waals surface area contributed by atoms with E-state index < -0.39 is 18.8 Å². The van der Waals surface area contributed by atoms with Crippen LogP contribution in [0.5, 0.6) is 0 Å². The predicted octanol–water partition coefficient (Wildman–Crippen LogP) is 3.67. The Morgan fingerprint density at radius 2 is 1.10 bits per heavy atom. The lowest BCUT2D eigenvalue weighted by atomic mass is 10.3. The maximum absolute atomic E-state index is 13.5. The number of carbonyl (C=O) groups excluding carboxylic acids is 2. The van der Waals surface area contributed by atoms with Gasteiger partial charge in [0.25, 0.3) is 0 Å². The van der Waals surface area contributed by atoms with Crippen molar-refractivity contribution in [1.29, 1.82) is 0 Å². The van der Waals surface area contributed by atoms with Gasteiger partial charge in [0.05, 0.1) is 12.7 Å². The zero-order chi connectivity index (χ0) is 22.3. The highest BCUT2D eigenvalue weighted by molar-refractivity contribution is 7.97. The Morgan fingerprint density at radius 3 is 1.42 bits per heavy atom. The van der Waals surface area contributed by atoms with E-state index in [9.17, 15) is 9.59 Å². The van der Waals surface area contributed by atoms with Crippen molar-refractivity contribution in [3.8, 4) is 0 Å². The maximum Gasteiger partial charge on any atom is 0.346 e. The molecule has 3 aromatic carbocycles. The molecule has 0 aliphatic rings. The quantitative estimate of drug-likeness (QED) is 0.324. The van der Waals surface area contributed by atoms with Gasteiger partial charge in [-0.15, -0.1) is 0 Å². The fourth-order valence-electron chi connectivity index (χ4n) is 3.62. The Balaban J connectivity index is 2.59. The van der Waals surface area contributed by atoms with Crippen LogP contribution in [-0.2, 0) is 19.1 Å². The SMILES string of the molecule is CCOC(=O)C(C(=O)OC(C)C)=P(c1ccccc1)(c1ccccc1)c1ccccc1. The first kappa shape index (κ1) is 22.6. The highest BCUT2D eigenvalue weighted by atomic mass is 31.2. The minimum absolute atomic E-state index is 0.0478. The summed E-state index contributed by atoms with van der Waals surface area (Å²) in [6.45, 7) is 2.55. The lowest BCUT2D eigenvalue weighted by molar-refractivity contribution is -0.142. The minimum Gasteiger partial charge on any atom is -0.462 e. The zero-order valence-corrected chi connectivity index (χ0v) is 18.9. The average Bonchev–Trinajstić information content (AvgIpc) is 2.78. The minimum atomic E-state index is -2.89. The molecule has 0 N–H and O–H groups in total. The molecule has 160 valence electrons. The summed E-state index contributed by atoms with van der Waals surface area (Å²) in [7, 11) is 0. The summed E-state index contributed by atoms with van der Waals surface area (Å²) in [6.07, 6.45) is -0.374. The second-order valence-corrected chi connectivity index (χ2v) is 10.5. The molecule has 0 amide bonds. The molecule has 4 nitrogen and oxygen atoms in total. The van der Waals surface area contributed by atoms with Crippen LogP contribution in [0.1, 0.15) is 20.8 Å². The number of hydrogen-bond donors (Lipinski definition) is 0. The first-order valence-corrected chi connectivity index (χ1v) is 12.1. The van der Waals surface area contributed by atoms with Crippen molar-refractivity contribution < 1.29 is 19.1 Å². The lowest BCUT2D eigenvalue weighted by Crippen LogP contribution is -2.39. The molecule has 0 radical (unpaired) electrons. The van der Waals surface area contributed by atoms with Gasteiger partial charge < -0.3 is 9.47 Å². The van der Waals surface area contributed by atoms with E-state index in [4.69, 9.17) is 9.47 Å². The van der Waals surface area contributed by atoms with E-state index in [0.29, 0.717) is 0 Å². The molecular formula is C26H27O4P. The average molecular weight is 434 g/mol. The molecule has 3 rings (SSSR count). The van der Waals surface area contributed by atoms with Crippen LogP contribution in [0.4, 0.5) is 0 Å². The van der Waals surface area contributed by atoms with E-state index in [2.05, 4.69) is 0 Å². The second-order valence-electron chi connectivity index (χ2n) is 7.20. The molecule has 0 aliphatic carbocycles. The number of rotatable bonds is 7. The molecule has 0 fully saturated rings. The van der Waals surface area contributed by atoms with Gasteiger partial charge >= 0.3 is 11.9 Å². The highest BCUT2D eigenvalue weighted by Gasteiger charge is 2.38. The number of benzene rings is 3. The molecule has 0 saturated heterocycles. The summed E-state index contributed by atoms with van der Waals surface area (Å²) in [6, 6.07) is 29.1. The molecule has 3 aromatic rings. The molecule has 0 aromatic heterocycles. The standard InChI is InChI=1S/C26H27O4P/c1-4-29-25(27)24(26(28)30-20(2)3)31(21-14-8-5-9-15-21,22-16-10-6-11-17-22)23-18-12-7-13-19-23/h5-20H,4H2,1-3H3. The van der Waals surface area contributed by atoms with E-state index >= 15 is 0 Å². The van der Waals surface area contributed by atoms with Gasteiger partial charge in [0.1, 0.15) is 0 Å². The van der Waals surface area contributed by atoms with Crippen LogP contribution in [0.25, 0.3) is 0 Å². The van der Waals surface area contributed by atoms with Crippen LogP contribution < -0.4 is 15.9 Å². The van der Waals surface area contributed by atoms with Crippen LogP contribution in [0.2, 0.25) is 0 Å². The number of esters is 2. The lowest BCUT2D eigenvalue weighted by Gasteiger charge is -2.31. The largest absolute Gasteiger partial charge is 0.462 e. The van der Waals surface area contributed by atoms with Gasteiger partial charge in [-0.1, -0.05) is 91.0 Å². The third-order valence-electron chi connectivity index (χ3n) is 4.77. The zero-order valence-electron chi connectivity index (χ0n) is 18.0. The third kappa shape index (κ3) is 4.65. The molecule has 0 aliphatic heterocycles. The smallest absolute Gasteiger partial charge is 0.346 e. The Hall–Kier alpha value is -3.10. The monoisotopic (exact) mass is 434 g/mol. The van der Waals surface area contributed by atoms with Gasteiger partial charge in [-0.25, -0.2) is 9.59 Å². The van der Waals surface area contributed by atoms with E-state index in [1.54, 1.807) is 20.8 Å². The third-order valence-corrected chi connectivity index (χ3v) is 9.02. The molecule has 0 heterocycles. The Bertz CT molecular complexity index is 971. The first-order chi connectivity index (χ1) is 15.0. The van der Waals surface area contributed by atoms with Crippen LogP contribution in [-0.4, -0.2) is 29.9 Å². The topological polar surface area (TPSA) is 52.6 Å². The van der Waals surface area contributed by atoms with Crippen molar-refractivity contribution in [2.45, 2.75) is 26.9 Å². The van der Waals surface area contributed by atoms with Crippen LogP contribution in [0, 0.1) is 0 Å². The number of carbonyl (C=O) groups is 2. The van der Waals surface area contributed by atoms with Gasteiger partial charge in [-0.3, -0.25) is 0 Å². The summed E-state index contributed by atoms with van der Waals surface area (Å²) in [5.41, 5.74) is 0. The van der Waals surface area contributed by atoms with Gasteiger partial charge in [0.15, 0.2) is 5.29 Å². The van der Waals surface area contributed by atoms with Gasteiger partial charge in [-0.2, -0.15) is 0 Å². The molecule has 0 spiro atoms. The summed E-state index contributed by atoms with van der Waals surface area (Å²) < 4.78 is 11.0. The summed E-state index contributed by atoms with van der Waals surface area (Å²) in [4.78, 5) is 26.9. The number of hydrogen-bond acceptors (Lipinski definition) is 4. The molecule has 0 bridgehead atoms. The Kier molecular flexibility index (Phi) is 7.49. The van der Waals surface area contributed by atoms with Crippen molar-refractivity contribution in [3.05, 3.63) is 91.0 Å². The van der Waals surface area contributed by atoms with Crippen molar-refractivity contribution in [2.24, 2.45) is 0 Å². The van der Waals surface area contributed by atoms with Gasteiger partial charge in [-0.05, 0) is 43.6 Å². The van der Waals surface area contributed by atoms with Crippen LogP contribution in [0.3, 0.4) is 0 Å². The van der Waals surface area contributed by atoms with Crippen molar-refractivity contribution in [1.82, 2.24) is 0 Å². The predicted molar refractivity (Wildman–Crippen MR) is 128 cm³/mol. The van der Waals surface area contributed by atoms with Crippen molar-refractivity contribution in [3.63, 3.8) is 0 Å². The Morgan fingerprint density at radius 1 is 0.710 bits per heavy atom. The maximum atomic E-state index is 13.5. The van der Waals surface area contributed by atoms with Gasteiger partial charge in [0.2, 0.25) is 0 Å². The first-order valence-electron chi connectivity index (χ1n) is 10.3. The van der Waals surface area contributed by atoms with Crippen LogP contribution >= 0.6 is 6.89 Å². The number of ether oxygens (including phenoxy) is 2. The molecule has 0 unspecified atom stereocenters. The summed E-state index contributed by atoms with van der Waals surface area (Å²) in [5.74, 6) is -1.28. The van der Waals surface area contributed by atoms with E-state index in [1.807, 2.05) is 91.0 Å². The van der Waals surface area contributed by atoms with E-state index in [0.717, 1.165) is 15.9 Å². The fraction of sp³-hybridized carbons (Fsp3) is 0.192. The fourth-order valence-corrected chi connectivity index (χ4v) is 7.81. The van der Waals surface area contributed by atoms with E-state index in [1.165, 1.54) is 0 Å². The highest BCUT2D eigenvalue weighted by Crippen LogP contribution is 2.46. The molecule has 0 saturated carbocycles. The van der Waals surface area contributed by atoms with Crippen molar-refractivity contribution >= 4 is 40.0 Å². The van der Waals surface area contributed by atoms with Crippen LogP contribution in [0.15, 0.2) is 91.0 Å².